The van der Waals surface area contributed by atoms with Gasteiger partial charge in [0, 0.05) is 31.4 Å². The quantitative estimate of drug-likeness (QED) is 0.907. The molecule has 0 bridgehead atoms. The monoisotopic (exact) mass is 277 g/mol. The molecule has 0 aliphatic carbocycles. The summed E-state index contributed by atoms with van der Waals surface area (Å²) in [5, 5.41) is 8.28. The molecule has 1 saturated heterocycles. The second-order valence-corrected chi connectivity index (χ2v) is 4.51. The van der Waals surface area contributed by atoms with E-state index in [0.29, 0.717) is 0 Å². The van der Waals surface area contributed by atoms with E-state index in [0.717, 1.165) is 19.2 Å². The van der Waals surface area contributed by atoms with E-state index in [1.807, 2.05) is 26.1 Å². The van der Waals surface area contributed by atoms with E-state index in [1.54, 1.807) is 0 Å². The lowest BCUT2D eigenvalue weighted by atomic mass is 10.1. The minimum Gasteiger partial charge on any atom is -0.400 e. The molecule has 4 heteroatoms. The minimum atomic E-state index is 1.00. The fourth-order valence-electron chi connectivity index (χ4n) is 2.50. The van der Waals surface area contributed by atoms with Gasteiger partial charge in [0.2, 0.25) is 0 Å². The fourth-order valence-corrected chi connectivity index (χ4v) is 2.50. The molecule has 20 heavy (non-hydrogen) atoms. The first kappa shape index (κ1) is 16.7. The number of nitrogens with zero attached hydrogens (tertiary/aromatic N) is 2. The molecule has 112 valence electrons. The van der Waals surface area contributed by atoms with Crippen molar-refractivity contribution in [3.05, 3.63) is 30.1 Å². The number of rotatable bonds is 3. The predicted octanol–water partition coefficient (Wildman–Crippen LogP) is 2.84. The van der Waals surface area contributed by atoms with Gasteiger partial charge in [-0.2, -0.15) is 0 Å². The van der Waals surface area contributed by atoms with Gasteiger partial charge in [-0.25, -0.2) is 4.98 Å². The van der Waals surface area contributed by atoms with Crippen LogP contribution in [-0.4, -0.2) is 46.7 Å². The summed E-state index contributed by atoms with van der Waals surface area (Å²) in [7, 11) is 1.00. The van der Waals surface area contributed by atoms with Crippen LogP contribution in [-0.2, 0) is 6.42 Å². The van der Waals surface area contributed by atoms with E-state index in [2.05, 4.69) is 27.1 Å². The molecule has 4 nitrogen and oxygen atoms in total. The van der Waals surface area contributed by atoms with Crippen LogP contribution in [0.2, 0.25) is 0 Å². The van der Waals surface area contributed by atoms with Gasteiger partial charge in [0.25, 0.3) is 0 Å². The zero-order valence-corrected chi connectivity index (χ0v) is 12.9. The lowest BCUT2D eigenvalue weighted by Gasteiger charge is -2.13. The molecule has 2 aromatic rings. The highest BCUT2D eigenvalue weighted by Gasteiger charge is 2.12. The van der Waals surface area contributed by atoms with E-state index < -0.39 is 0 Å². The first-order valence-electron chi connectivity index (χ1n) is 7.51. The number of nitrogens with one attached hydrogen (secondary N) is 1. The van der Waals surface area contributed by atoms with E-state index in [-0.39, 0.29) is 0 Å². The number of hydrogen-bond acceptors (Lipinski definition) is 3. The molecule has 0 saturated carbocycles. The molecule has 0 atom stereocenters. The van der Waals surface area contributed by atoms with Gasteiger partial charge < -0.3 is 15.0 Å². The van der Waals surface area contributed by atoms with Crippen molar-refractivity contribution in [2.45, 2.75) is 33.1 Å². The minimum absolute atomic E-state index is 1.00. The van der Waals surface area contributed by atoms with Crippen molar-refractivity contribution < 1.29 is 5.11 Å². The average molecular weight is 277 g/mol. The number of aliphatic hydroxyl groups excluding tert-OH is 1. The van der Waals surface area contributed by atoms with Gasteiger partial charge in [0.05, 0.1) is 0 Å². The van der Waals surface area contributed by atoms with Crippen molar-refractivity contribution in [2.24, 2.45) is 0 Å². The number of aromatic nitrogens is 2. The Labute approximate surface area is 121 Å². The normalized spacial score (nSPS) is 14.4. The second-order valence-electron chi connectivity index (χ2n) is 4.51. The molecule has 1 aliphatic heterocycles. The maximum Gasteiger partial charge on any atom is 0.137 e. The molecule has 0 aromatic carbocycles. The summed E-state index contributed by atoms with van der Waals surface area (Å²) < 4.78 is 0. The summed E-state index contributed by atoms with van der Waals surface area (Å²) in [5.41, 5.74) is 2.41. The summed E-state index contributed by atoms with van der Waals surface area (Å²) in [4.78, 5) is 10.1. The highest BCUT2D eigenvalue weighted by molar-refractivity contribution is 5.79. The molecule has 0 unspecified atom stereocenters. The van der Waals surface area contributed by atoms with Crippen LogP contribution in [0, 0.1) is 0 Å². The topological polar surface area (TPSA) is 52.2 Å². The maximum atomic E-state index is 7.00. The Hall–Kier alpha value is -1.39. The molecule has 3 rings (SSSR count). The number of aliphatic hydroxyl groups is 1. The molecule has 1 fully saturated rings. The van der Waals surface area contributed by atoms with E-state index >= 15 is 0 Å². The van der Waals surface area contributed by atoms with Crippen LogP contribution in [0.15, 0.2) is 24.5 Å². The number of fused-ring (bicyclic) bond motifs is 1. The SMILES string of the molecule is CC.CO.c1cnc2[nH]cc(CCN3CCCC3)c2c1. The summed E-state index contributed by atoms with van der Waals surface area (Å²) in [6.07, 6.45) is 7.81. The third-order valence-electron chi connectivity index (χ3n) is 3.43. The molecule has 0 radical (unpaired) electrons. The Morgan fingerprint density at radius 3 is 2.65 bits per heavy atom. The third-order valence-corrected chi connectivity index (χ3v) is 3.43. The van der Waals surface area contributed by atoms with Gasteiger partial charge >= 0.3 is 0 Å². The van der Waals surface area contributed by atoms with Crippen molar-refractivity contribution in [3.63, 3.8) is 0 Å². The second kappa shape index (κ2) is 9.50. The van der Waals surface area contributed by atoms with E-state index in [1.165, 1.54) is 43.4 Å². The van der Waals surface area contributed by atoms with Crippen LogP contribution in [0.5, 0.6) is 0 Å². The molecule has 0 amide bonds. The van der Waals surface area contributed by atoms with Gasteiger partial charge in [-0.05, 0) is 50.0 Å². The van der Waals surface area contributed by atoms with Gasteiger partial charge in [0.1, 0.15) is 5.65 Å². The Morgan fingerprint density at radius 2 is 1.95 bits per heavy atom. The lowest BCUT2D eigenvalue weighted by molar-refractivity contribution is 0.344. The molecule has 2 aromatic heterocycles. The van der Waals surface area contributed by atoms with Crippen LogP contribution in [0.3, 0.4) is 0 Å². The molecular formula is C16H27N3O. The van der Waals surface area contributed by atoms with Crippen LogP contribution >= 0.6 is 0 Å². The summed E-state index contributed by atoms with van der Waals surface area (Å²) in [5.74, 6) is 0. The molecular weight excluding hydrogens is 250 g/mol. The Kier molecular flexibility index (Phi) is 7.92. The van der Waals surface area contributed by atoms with Gasteiger partial charge in [-0.1, -0.05) is 13.8 Å². The van der Waals surface area contributed by atoms with Crippen LogP contribution in [0.1, 0.15) is 32.3 Å². The number of H-pyrrole nitrogens is 1. The van der Waals surface area contributed by atoms with Crippen molar-refractivity contribution in [1.82, 2.24) is 14.9 Å². The summed E-state index contributed by atoms with van der Waals surface area (Å²) in [6, 6.07) is 4.16. The highest BCUT2D eigenvalue weighted by Crippen LogP contribution is 2.17. The largest absolute Gasteiger partial charge is 0.400 e. The summed E-state index contributed by atoms with van der Waals surface area (Å²) in [6.45, 7) is 7.74. The van der Waals surface area contributed by atoms with E-state index in [9.17, 15) is 0 Å². The third kappa shape index (κ3) is 4.32. The van der Waals surface area contributed by atoms with Crippen molar-refractivity contribution >= 4 is 11.0 Å². The van der Waals surface area contributed by atoms with Crippen LogP contribution < -0.4 is 0 Å². The van der Waals surface area contributed by atoms with Gasteiger partial charge in [0.15, 0.2) is 0 Å². The number of pyridine rings is 1. The highest BCUT2D eigenvalue weighted by atomic mass is 16.2. The number of aromatic amines is 1. The van der Waals surface area contributed by atoms with Gasteiger partial charge in [-0.15, -0.1) is 0 Å². The van der Waals surface area contributed by atoms with Crippen LogP contribution in [0.4, 0.5) is 0 Å². The smallest absolute Gasteiger partial charge is 0.137 e. The van der Waals surface area contributed by atoms with Crippen LogP contribution in [0.25, 0.3) is 11.0 Å². The standard InChI is InChI=1S/C13H17N3.C2H6.CH4O/c1-2-8-16(7-1)9-5-11-10-15-13-12(11)4-3-6-14-13;2*1-2/h3-4,6,10H,1-2,5,7-9H2,(H,14,15);1-2H3;2H,1H3. The predicted molar refractivity (Wildman–Crippen MR) is 85.0 cm³/mol. The lowest BCUT2D eigenvalue weighted by Crippen LogP contribution is -2.21. The van der Waals surface area contributed by atoms with Gasteiger partial charge in [-0.3, -0.25) is 0 Å². The molecule has 2 N–H and O–H groups in total. The number of hydrogen-bond donors (Lipinski definition) is 2. The average Bonchev–Trinajstić information content (AvgIpc) is 3.19. The Bertz CT molecular complexity index is 475. The summed E-state index contributed by atoms with van der Waals surface area (Å²) >= 11 is 0. The number of likely N-dealkylation sites (tertiary alicyclic amines) is 1. The van der Waals surface area contributed by atoms with E-state index in [4.69, 9.17) is 5.11 Å². The molecule has 0 spiro atoms. The fraction of sp³-hybridized carbons (Fsp3) is 0.562. The van der Waals surface area contributed by atoms with Crippen molar-refractivity contribution in [2.75, 3.05) is 26.7 Å². The first-order valence-corrected chi connectivity index (χ1v) is 7.51. The molecule has 1 aliphatic rings. The zero-order chi connectivity index (χ0) is 14.8. The van der Waals surface area contributed by atoms with Crippen molar-refractivity contribution in [3.8, 4) is 0 Å². The first-order chi connectivity index (χ1) is 9.93. The molecule has 3 heterocycles. The Morgan fingerprint density at radius 1 is 1.25 bits per heavy atom. The van der Waals surface area contributed by atoms with Crippen molar-refractivity contribution in [1.29, 1.82) is 0 Å². The Balaban J connectivity index is 0.000000461. The maximum absolute atomic E-state index is 7.00. The zero-order valence-electron chi connectivity index (χ0n) is 12.9.